The van der Waals surface area contributed by atoms with Crippen LogP contribution in [0.2, 0.25) is 0 Å². The molecule has 0 bridgehead atoms. The molecular weight excluding hydrogens is 328 g/mol. The number of ether oxygens (including phenoxy) is 2. The molecule has 0 N–H and O–H groups in total. The molecule has 0 aromatic rings. The van der Waals surface area contributed by atoms with Crippen LogP contribution in [0.5, 0.6) is 0 Å². The molecule has 0 aromatic heterocycles. The van der Waals surface area contributed by atoms with Crippen molar-refractivity contribution in [2.24, 2.45) is 0 Å². The Morgan fingerprint density at radius 3 is 1.19 bits per heavy atom. The van der Waals surface area contributed by atoms with Crippen molar-refractivity contribution in [1.82, 2.24) is 0 Å². The van der Waals surface area contributed by atoms with Gasteiger partial charge in [0, 0.05) is 12.8 Å². The fraction of sp³-hybridized carbons (Fsp3) is 0.818. The zero-order valence-corrected chi connectivity index (χ0v) is 17.1. The third kappa shape index (κ3) is 19.0. The van der Waals surface area contributed by atoms with E-state index >= 15 is 0 Å². The highest BCUT2D eigenvalue weighted by atomic mass is 16.5. The predicted molar refractivity (Wildman–Crippen MR) is 107 cm³/mol. The van der Waals surface area contributed by atoms with Crippen molar-refractivity contribution in [3.8, 4) is 0 Å². The lowest BCUT2D eigenvalue weighted by Crippen LogP contribution is -1.99. The van der Waals surface area contributed by atoms with Crippen LogP contribution in [0.1, 0.15) is 103 Å². The number of carbonyl (C=O) groups is 2. The van der Waals surface area contributed by atoms with Crippen LogP contribution in [-0.2, 0) is 19.1 Å². The lowest BCUT2D eigenvalue weighted by molar-refractivity contribution is -0.141. The van der Waals surface area contributed by atoms with Gasteiger partial charge in [0.2, 0.25) is 0 Å². The number of esters is 2. The van der Waals surface area contributed by atoms with Gasteiger partial charge in [-0.15, -0.1) is 0 Å². The van der Waals surface area contributed by atoms with Crippen LogP contribution in [0.4, 0.5) is 0 Å². The molecule has 0 heterocycles. The smallest absolute Gasteiger partial charge is 0.305 e. The molecule has 152 valence electrons. The number of unbranched alkanes of at least 4 members (excludes halogenated alkanes) is 12. The first-order valence-corrected chi connectivity index (χ1v) is 10.5. The molecule has 0 fully saturated rings. The number of hydrogen-bond donors (Lipinski definition) is 0. The van der Waals surface area contributed by atoms with Gasteiger partial charge in [0.15, 0.2) is 0 Å². The van der Waals surface area contributed by atoms with E-state index in [9.17, 15) is 9.59 Å². The summed E-state index contributed by atoms with van der Waals surface area (Å²) in [6.07, 6.45) is 22.4. The van der Waals surface area contributed by atoms with E-state index in [2.05, 4.69) is 21.6 Å². The molecule has 26 heavy (non-hydrogen) atoms. The molecule has 0 aliphatic rings. The average Bonchev–Trinajstić information content (AvgIpc) is 2.66. The fourth-order valence-corrected chi connectivity index (χ4v) is 2.92. The standard InChI is InChI=1S/C22H40O4/c1-25-21(23)19-17-15-13-11-9-7-5-3-4-6-8-10-12-14-16-18-20-22(24)26-2/h5,7H,3-4,6,8-20H2,1-2H3/b7-5+. The van der Waals surface area contributed by atoms with Crippen LogP contribution in [0, 0.1) is 0 Å². The van der Waals surface area contributed by atoms with Crippen molar-refractivity contribution in [2.45, 2.75) is 103 Å². The Morgan fingerprint density at radius 1 is 0.538 bits per heavy atom. The molecule has 0 aliphatic heterocycles. The van der Waals surface area contributed by atoms with Crippen LogP contribution in [0.3, 0.4) is 0 Å². The van der Waals surface area contributed by atoms with Gasteiger partial charge < -0.3 is 9.47 Å². The van der Waals surface area contributed by atoms with Gasteiger partial charge in [-0.3, -0.25) is 9.59 Å². The maximum absolute atomic E-state index is 11.0. The number of allylic oxidation sites excluding steroid dienone is 2. The van der Waals surface area contributed by atoms with Gasteiger partial charge in [-0.1, -0.05) is 63.5 Å². The van der Waals surface area contributed by atoms with E-state index in [0.29, 0.717) is 12.8 Å². The molecule has 0 aromatic carbocycles. The highest BCUT2D eigenvalue weighted by molar-refractivity contribution is 5.69. The van der Waals surface area contributed by atoms with E-state index in [0.717, 1.165) is 32.1 Å². The van der Waals surface area contributed by atoms with E-state index in [1.165, 1.54) is 72.0 Å². The first kappa shape index (κ1) is 24.7. The lowest BCUT2D eigenvalue weighted by atomic mass is 10.1. The van der Waals surface area contributed by atoms with E-state index in [1.54, 1.807) is 0 Å². The summed E-state index contributed by atoms with van der Waals surface area (Å²) >= 11 is 0. The van der Waals surface area contributed by atoms with Crippen LogP contribution in [0.15, 0.2) is 12.2 Å². The molecule has 0 amide bonds. The Bertz CT molecular complexity index is 363. The van der Waals surface area contributed by atoms with E-state index < -0.39 is 0 Å². The Balaban J connectivity index is 3.15. The second kappa shape index (κ2) is 20.0. The minimum absolute atomic E-state index is 0.0865. The SMILES string of the molecule is COC(=O)CCCCCC/C=C/CCCCCCCCCCC(=O)OC. The molecule has 0 aliphatic carbocycles. The van der Waals surface area contributed by atoms with Crippen LogP contribution >= 0.6 is 0 Å². The number of carbonyl (C=O) groups excluding carboxylic acids is 2. The molecule has 4 nitrogen and oxygen atoms in total. The minimum atomic E-state index is -0.0940. The second-order valence-electron chi connectivity index (χ2n) is 6.94. The minimum Gasteiger partial charge on any atom is -0.469 e. The van der Waals surface area contributed by atoms with Gasteiger partial charge in [0.25, 0.3) is 0 Å². The number of rotatable bonds is 18. The van der Waals surface area contributed by atoms with Gasteiger partial charge in [0.05, 0.1) is 14.2 Å². The van der Waals surface area contributed by atoms with Crippen molar-refractivity contribution < 1.29 is 19.1 Å². The first-order valence-electron chi connectivity index (χ1n) is 10.5. The number of methoxy groups -OCH3 is 2. The van der Waals surface area contributed by atoms with Crippen LogP contribution in [0.25, 0.3) is 0 Å². The second-order valence-corrected chi connectivity index (χ2v) is 6.94. The summed E-state index contributed by atoms with van der Waals surface area (Å²) in [5.74, 6) is -0.180. The summed E-state index contributed by atoms with van der Waals surface area (Å²) < 4.78 is 9.26. The fourth-order valence-electron chi connectivity index (χ4n) is 2.92. The van der Waals surface area contributed by atoms with Crippen molar-refractivity contribution in [2.75, 3.05) is 14.2 Å². The van der Waals surface area contributed by atoms with Crippen molar-refractivity contribution in [3.63, 3.8) is 0 Å². The zero-order valence-electron chi connectivity index (χ0n) is 17.1. The summed E-state index contributed by atoms with van der Waals surface area (Å²) in [7, 11) is 2.90. The van der Waals surface area contributed by atoms with E-state index in [-0.39, 0.29) is 11.9 Å². The number of hydrogen-bond acceptors (Lipinski definition) is 4. The summed E-state index contributed by atoms with van der Waals surface area (Å²) in [4.78, 5) is 21.9. The maximum Gasteiger partial charge on any atom is 0.305 e. The topological polar surface area (TPSA) is 52.6 Å². The average molecular weight is 369 g/mol. The molecule has 0 rings (SSSR count). The normalized spacial score (nSPS) is 11.0. The first-order chi connectivity index (χ1) is 12.7. The molecular formula is C22H40O4. The summed E-state index contributed by atoms with van der Waals surface area (Å²) in [5.41, 5.74) is 0. The highest BCUT2D eigenvalue weighted by Crippen LogP contribution is 2.11. The molecule has 0 saturated heterocycles. The molecule has 4 heteroatoms. The molecule has 0 unspecified atom stereocenters. The van der Waals surface area contributed by atoms with Gasteiger partial charge in [-0.25, -0.2) is 0 Å². The highest BCUT2D eigenvalue weighted by Gasteiger charge is 1.99. The lowest BCUT2D eigenvalue weighted by Gasteiger charge is -2.02. The van der Waals surface area contributed by atoms with E-state index in [4.69, 9.17) is 0 Å². The summed E-state index contributed by atoms with van der Waals surface area (Å²) in [5, 5.41) is 0. The third-order valence-corrected chi connectivity index (χ3v) is 4.63. The maximum atomic E-state index is 11.0. The van der Waals surface area contributed by atoms with Gasteiger partial charge in [-0.2, -0.15) is 0 Å². The Morgan fingerprint density at radius 2 is 0.846 bits per heavy atom. The largest absolute Gasteiger partial charge is 0.469 e. The summed E-state index contributed by atoms with van der Waals surface area (Å²) in [6.45, 7) is 0. The van der Waals surface area contributed by atoms with Gasteiger partial charge in [-0.05, 0) is 38.5 Å². The zero-order chi connectivity index (χ0) is 19.3. The Hall–Kier alpha value is -1.32. The Labute approximate surface area is 160 Å². The van der Waals surface area contributed by atoms with Crippen LogP contribution < -0.4 is 0 Å². The van der Waals surface area contributed by atoms with E-state index in [1.807, 2.05) is 0 Å². The van der Waals surface area contributed by atoms with Gasteiger partial charge >= 0.3 is 11.9 Å². The van der Waals surface area contributed by atoms with Crippen LogP contribution in [-0.4, -0.2) is 26.2 Å². The van der Waals surface area contributed by atoms with Crippen molar-refractivity contribution in [3.05, 3.63) is 12.2 Å². The monoisotopic (exact) mass is 368 g/mol. The molecule has 0 spiro atoms. The third-order valence-electron chi connectivity index (χ3n) is 4.63. The quantitative estimate of drug-likeness (QED) is 0.166. The molecule has 0 atom stereocenters. The van der Waals surface area contributed by atoms with Gasteiger partial charge in [0.1, 0.15) is 0 Å². The predicted octanol–water partition coefficient (Wildman–Crippen LogP) is 6.13. The molecule has 0 saturated carbocycles. The Kier molecular flexibility index (Phi) is 19.0. The molecule has 0 radical (unpaired) electrons. The van der Waals surface area contributed by atoms with Crippen molar-refractivity contribution in [1.29, 1.82) is 0 Å². The summed E-state index contributed by atoms with van der Waals surface area (Å²) in [6, 6.07) is 0. The van der Waals surface area contributed by atoms with Crippen molar-refractivity contribution >= 4 is 11.9 Å².